The first-order valence-electron chi connectivity index (χ1n) is 6.40. The molecule has 1 aromatic carbocycles. The van der Waals surface area contributed by atoms with Crippen LogP contribution in [0.15, 0.2) is 30.5 Å². The van der Waals surface area contributed by atoms with Crippen LogP contribution in [0.2, 0.25) is 0 Å². The third-order valence-electron chi connectivity index (χ3n) is 3.01. The van der Waals surface area contributed by atoms with Crippen LogP contribution in [0.1, 0.15) is 18.2 Å². The van der Waals surface area contributed by atoms with Crippen LogP contribution in [0.25, 0.3) is 11.1 Å². The number of nitrogens with zero attached hydrogens (tertiary/aromatic N) is 1. The lowest BCUT2D eigenvalue weighted by molar-refractivity contribution is -0.0521. The number of rotatable bonds is 5. The highest BCUT2D eigenvalue weighted by atomic mass is 35.5. The van der Waals surface area contributed by atoms with Gasteiger partial charge < -0.3 is 4.74 Å². The Morgan fingerprint density at radius 3 is 2.42 bits per heavy atom. The second kappa shape index (κ2) is 7.98. The Balaban J connectivity index is 0.00000288. The van der Waals surface area contributed by atoms with Crippen molar-refractivity contribution in [2.45, 2.75) is 25.3 Å². The molecule has 0 spiro atoms. The molecule has 0 aliphatic rings. The van der Waals surface area contributed by atoms with Crippen molar-refractivity contribution in [3.8, 4) is 16.9 Å². The summed E-state index contributed by atoms with van der Waals surface area (Å²) in [5.41, 5.74) is 0.236. The highest BCUT2D eigenvalue weighted by Gasteiger charge is 2.29. The number of pyridine rings is 1. The molecule has 2 nitrogen and oxygen atoms in total. The summed E-state index contributed by atoms with van der Waals surface area (Å²) < 4.78 is 68.8. The maximum atomic E-state index is 13.4. The molecule has 2 rings (SSSR count). The van der Waals surface area contributed by atoms with Crippen LogP contribution >= 0.6 is 24.0 Å². The predicted molar refractivity (Wildman–Crippen MR) is 82.6 cm³/mol. The molecule has 132 valence electrons. The lowest BCUT2D eigenvalue weighted by atomic mass is 10.0. The summed E-state index contributed by atoms with van der Waals surface area (Å²) in [5.74, 6) is -4.98. The van der Waals surface area contributed by atoms with Crippen LogP contribution in [0.3, 0.4) is 0 Å². The van der Waals surface area contributed by atoms with Crippen LogP contribution in [-0.2, 0) is 11.8 Å². The molecule has 0 saturated carbocycles. The maximum Gasteiger partial charge on any atom is 0.387 e. The molecule has 0 bridgehead atoms. The monoisotopic (exact) mass is 387 g/mol. The van der Waals surface area contributed by atoms with Gasteiger partial charge in [0.15, 0.2) is 11.6 Å². The van der Waals surface area contributed by atoms with Crippen LogP contribution in [0.5, 0.6) is 5.75 Å². The SMILES string of the molecule is CC(F)(F)c1ncc(-c2ccc(F)c(OC(F)F)c2)cc1CCl.Cl. The molecule has 0 radical (unpaired) electrons. The summed E-state index contributed by atoms with van der Waals surface area (Å²) in [5, 5.41) is 0. The Labute approximate surface area is 146 Å². The van der Waals surface area contributed by atoms with Crippen molar-refractivity contribution in [3.63, 3.8) is 0 Å². The van der Waals surface area contributed by atoms with Crippen molar-refractivity contribution in [2.24, 2.45) is 0 Å². The lowest BCUT2D eigenvalue weighted by Gasteiger charge is -2.15. The normalized spacial score (nSPS) is 11.3. The van der Waals surface area contributed by atoms with Crippen LogP contribution in [-0.4, -0.2) is 11.6 Å². The van der Waals surface area contributed by atoms with Crippen molar-refractivity contribution >= 4 is 24.0 Å². The van der Waals surface area contributed by atoms with Gasteiger partial charge in [0.25, 0.3) is 5.92 Å². The van der Waals surface area contributed by atoms with E-state index in [1.165, 1.54) is 12.1 Å². The summed E-state index contributed by atoms with van der Waals surface area (Å²) in [7, 11) is 0. The fourth-order valence-electron chi connectivity index (χ4n) is 2.03. The van der Waals surface area contributed by atoms with Gasteiger partial charge >= 0.3 is 6.61 Å². The summed E-state index contributed by atoms with van der Waals surface area (Å²) in [6.07, 6.45) is 1.14. The first-order chi connectivity index (χ1) is 10.7. The second-order valence-corrected chi connectivity index (χ2v) is 5.04. The summed E-state index contributed by atoms with van der Waals surface area (Å²) >= 11 is 5.67. The molecule has 0 saturated heterocycles. The number of hydrogen-bond acceptors (Lipinski definition) is 2. The van der Waals surface area contributed by atoms with E-state index in [1.807, 2.05) is 0 Å². The van der Waals surface area contributed by atoms with E-state index in [2.05, 4.69) is 9.72 Å². The van der Waals surface area contributed by atoms with Gasteiger partial charge in [-0.25, -0.2) is 4.39 Å². The van der Waals surface area contributed by atoms with E-state index in [9.17, 15) is 22.0 Å². The molecule has 0 fully saturated rings. The lowest BCUT2D eigenvalue weighted by Crippen LogP contribution is -2.13. The topological polar surface area (TPSA) is 22.1 Å². The summed E-state index contributed by atoms with van der Waals surface area (Å²) in [6, 6.07) is 4.63. The zero-order valence-corrected chi connectivity index (χ0v) is 13.8. The van der Waals surface area contributed by atoms with Crippen molar-refractivity contribution in [1.29, 1.82) is 0 Å². The van der Waals surface area contributed by atoms with Crippen molar-refractivity contribution in [2.75, 3.05) is 0 Å². The Kier molecular flexibility index (Phi) is 6.80. The van der Waals surface area contributed by atoms with E-state index in [0.717, 1.165) is 18.3 Å². The molecule has 24 heavy (non-hydrogen) atoms. The van der Waals surface area contributed by atoms with Gasteiger partial charge in [0, 0.05) is 24.6 Å². The van der Waals surface area contributed by atoms with Gasteiger partial charge in [-0.1, -0.05) is 6.07 Å². The zero-order valence-electron chi connectivity index (χ0n) is 12.2. The van der Waals surface area contributed by atoms with Gasteiger partial charge in [0.1, 0.15) is 5.69 Å². The third kappa shape index (κ3) is 4.70. The molecule has 9 heteroatoms. The molecule has 2 aromatic rings. The predicted octanol–water partition coefficient (Wildman–Crippen LogP) is 5.76. The largest absolute Gasteiger partial charge is 0.432 e. The van der Waals surface area contributed by atoms with E-state index in [-0.39, 0.29) is 29.4 Å². The van der Waals surface area contributed by atoms with Crippen LogP contribution < -0.4 is 4.74 Å². The Morgan fingerprint density at radius 1 is 1.21 bits per heavy atom. The van der Waals surface area contributed by atoms with Crippen molar-refractivity contribution < 1.29 is 26.7 Å². The highest BCUT2D eigenvalue weighted by molar-refractivity contribution is 6.17. The zero-order chi connectivity index (χ0) is 17.2. The molecule has 1 aromatic heterocycles. The minimum absolute atomic E-state index is 0. The molecule has 1 heterocycles. The molecule has 0 unspecified atom stereocenters. The van der Waals surface area contributed by atoms with E-state index in [4.69, 9.17) is 11.6 Å². The molecule has 0 N–H and O–H groups in total. The van der Waals surface area contributed by atoms with E-state index >= 15 is 0 Å². The average Bonchev–Trinajstić information content (AvgIpc) is 2.47. The maximum absolute atomic E-state index is 13.4. The molecule has 0 amide bonds. The van der Waals surface area contributed by atoms with Gasteiger partial charge in [-0.3, -0.25) is 4.98 Å². The number of hydrogen-bond donors (Lipinski definition) is 0. The number of alkyl halides is 5. The number of aromatic nitrogens is 1. The molecular weight excluding hydrogens is 376 g/mol. The summed E-state index contributed by atoms with van der Waals surface area (Å²) in [6.45, 7) is -2.49. The minimum Gasteiger partial charge on any atom is -0.432 e. The minimum atomic E-state index is -3.18. The quantitative estimate of drug-likeness (QED) is 0.480. The van der Waals surface area contributed by atoms with Gasteiger partial charge in [0.2, 0.25) is 0 Å². The van der Waals surface area contributed by atoms with Crippen LogP contribution in [0, 0.1) is 5.82 Å². The first-order valence-corrected chi connectivity index (χ1v) is 6.93. The average molecular weight is 388 g/mol. The smallest absolute Gasteiger partial charge is 0.387 e. The molecule has 0 atom stereocenters. The first kappa shape index (κ1) is 20.4. The summed E-state index contributed by atoms with van der Waals surface area (Å²) in [4.78, 5) is 3.69. The fraction of sp³-hybridized carbons (Fsp3) is 0.267. The highest BCUT2D eigenvalue weighted by Crippen LogP contribution is 2.33. The Hall–Kier alpha value is -1.60. The Morgan fingerprint density at radius 2 is 1.88 bits per heavy atom. The van der Waals surface area contributed by atoms with E-state index < -0.39 is 29.8 Å². The molecule has 0 aliphatic heterocycles. The second-order valence-electron chi connectivity index (χ2n) is 4.78. The number of ether oxygens (including phenoxy) is 1. The fourth-order valence-corrected chi connectivity index (χ4v) is 2.24. The number of benzene rings is 1. The van der Waals surface area contributed by atoms with Crippen LogP contribution in [0.4, 0.5) is 22.0 Å². The third-order valence-corrected chi connectivity index (χ3v) is 3.29. The molecular formula is C15H12Cl2F5NO. The van der Waals surface area contributed by atoms with E-state index in [1.54, 1.807) is 0 Å². The van der Waals surface area contributed by atoms with Gasteiger partial charge in [-0.05, 0) is 29.3 Å². The van der Waals surface area contributed by atoms with E-state index in [0.29, 0.717) is 12.5 Å². The van der Waals surface area contributed by atoms with Gasteiger partial charge in [0.05, 0.1) is 0 Å². The van der Waals surface area contributed by atoms with Gasteiger partial charge in [-0.2, -0.15) is 17.6 Å². The Bertz CT molecular complexity index is 707. The van der Waals surface area contributed by atoms with Gasteiger partial charge in [-0.15, -0.1) is 24.0 Å². The van der Waals surface area contributed by atoms with Crippen molar-refractivity contribution in [3.05, 3.63) is 47.5 Å². The standard InChI is InChI=1S/C15H11ClF5NO.ClH/c1-15(20,21)13-9(6-16)4-10(7-22-13)8-2-3-11(17)12(5-8)23-14(18)19;/h2-5,7,14H,6H2,1H3;1H. The molecule has 0 aliphatic carbocycles. The number of halogens is 7. The van der Waals surface area contributed by atoms with Crippen molar-refractivity contribution in [1.82, 2.24) is 4.98 Å².